The molecule has 1 aromatic heterocycles. The van der Waals surface area contributed by atoms with E-state index in [1.165, 1.54) is 0 Å². The van der Waals surface area contributed by atoms with Gasteiger partial charge in [-0.05, 0) is 24.9 Å². The van der Waals surface area contributed by atoms with Crippen molar-refractivity contribution in [2.24, 2.45) is 11.7 Å². The molecule has 0 aliphatic heterocycles. The van der Waals surface area contributed by atoms with E-state index in [4.69, 9.17) is 17.3 Å². The Labute approximate surface area is 89.7 Å². The van der Waals surface area contributed by atoms with Gasteiger partial charge in [-0.15, -0.1) is 0 Å². The molecule has 1 unspecified atom stereocenters. The molecule has 14 heavy (non-hydrogen) atoms. The van der Waals surface area contributed by atoms with Crippen molar-refractivity contribution in [3.63, 3.8) is 0 Å². The molecule has 0 aromatic carbocycles. The maximum atomic E-state index is 5.94. The average molecular weight is 214 g/mol. The second-order valence-electron chi connectivity index (χ2n) is 3.42. The Balaban J connectivity index is 2.41. The summed E-state index contributed by atoms with van der Waals surface area (Å²) in [6.45, 7) is 3.78. The van der Waals surface area contributed by atoms with E-state index in [0.29, 0.717) is 10.9 Å². The van der Waals surface area contributed by atoms with Crippen molar-refractivity contribution >= 4 is 17.3 Å². The van der Waals surface area contributed by atoms with E-state index in [0.717, 1.165) is 25.2 Å². The number of nitrogens with one attached hydrogen (secondary N) is 1. The molecule has 0 fully saturated rings. The van der Waals surface area contributed by atoms with E-state index in [9.17, 15) is 0 Å². The third-order valence-electron chi connectivity index (χ3n) is 2.07. The number of aromatic nitrogens is 1. The van der Waals surface area contributed by atoms with Gasteiger partial charge in [-0.3, -0.25) is 4.98 Å². The lowest BCUT2D eigenvalue weighted by Gasteiger charge is -2.12. The maximum Gasteiger partial charge on any atom is 0.0820 e. The van der Waals surface area contributed by atoms with Gasteiger partial charge in [0.2, 0.25) is 0 Å². The smallest absolute Gasteiger partial charge is 0.0820 e. The first-order valence-electron chi connectivity index (χ1n) is 4.77. The molecule has 0 aliphatic carbocycles. The molecule has 0 saturated carbocycles. The van der Waals surface area contributed by atoms with Gasteiger partial charge in [0.15, 0.2) is 0 Å². The van der Waals surface area contributed by atoms with E-state index in [1.807, 2.05) is 6.07 Å². The molecule has 0 radical (unpaired) electrons. The minimum absolute atomic E-state index is 0.559. The number of rotatable bonds is 5. The molecule has 1 aromatic rings. The van der Waals surface area contributed by atoms with Crippen molar-refractivity contribution in [3.8, 4) is 0 Å². The highest BCUT2D eigenvalue weighted by atomic mass is 35.5. The normalized spacial score (nSPS) is 12.5. The summed E-state index contributed by atoms with van der Waals surface area (Å²) in [5.41, 5.74) is 6.40. The lowest BCUT2D eigenvalue weighted by molar-refractivity contribution is 0.568. The van der Waals surface area contributed by atoms with Crippen LogP contribution in [0, 0.1) is 5.92 Å². The fraction of sp³-hybridized carbons (Fsp3) is 0.500. The Morgan fingerprint density at radius 2 is 2.43 bits per heavy atom. The van der Waals surface area contributed by atoms with Crippen LogP contribution in [0.5, 0.6) is 0 Å². The standard InChI is InChI=1S/C10H16ClN3/c1-8(2-4-12)6-14-10-3-5-13-7-9(10)11/h3,5,7-8H,2,4,6,12H2,1H3,(H,13,14). The summed E-state index contributed by atoms with van der Waals surface area (Å²) in [6, 6.07) is 1.87. The number of hydrogen-bond acceptors (Lipinski definition) is 3. The first kappa shape index (κ1) is 11.3. The van der Waals surface area contributed by atoms with Crippen LogP contribution in [0.2, 0.25) is 5.02 Å². The number of halogens is 1. The van der Waals surface area contributed by atoms with Gasteiger partial charge in [0.05, 0.1) is 10.7 Å². The van der Waals surface area contributed by atoms with E-state index < -0.39 is 0 Å². The van der Waals surface area contributed by atoms with Crippen LogP contribution >= 0.6 is 11.6 Å². The highest BCUT2D eigenvalue weighted by molar-refractivity contribution is 6.33. The van der Waals surface area contributed by atoms with Crippen molar-refractivity contribution in [3.05, 3.63) is 23.5 Å². The maximum absolute atomic E-state index is 5.94. The quantitative estimate of drug-likeness (QED) is 0.788. The predicted octanol–water partition coefficient (Wildman–Crippen LogP) is 2.13. The van der Waals surface area contributed by atoms with Crippen molar-refractivity contribution < 1.29 is 0 Å². The summed E-state index contributed by atoms with van der Waals surface area (Å²) in [5.74, 6) is 0.559. The molecule has 3 nitrogen and oxygen atoms in total. The highest BCUT2D eigenvalue weighted by Crippen LogP contribution is 2.19. The van der Waals surface area contributed by atoms with Crippen molar-refractivity contribution in [1.82, 2.24) is 4.98 Å². The Bertz CT molecular complexity index is 278. The topological polar surface area (TPSA) is 50.9 Å². The third kappa shape index (κ3) is 3.52. The molecule has 4 heteroatoms. The summed E-state index contributed by atoms with van der Waals surface area (Å²) in [5, 5.41) is 3.93. The third-order valence-corrected chi connectivity index (χ3v) is 2.37. The molecule has 1 atom stereocenters. The second-order valence-corrected chi connectivity index (χ2v) is 3.83. The minimum atomic E-state index is 0.559. The Kier molecular flexibility index (Phi) is 4.70. The number of hydrogen-bond donors (Lipinski definition) is 2. The number of nitrogens with zero attached hydrogens (tertiary/aromatic N) is 1. The summed E-state index contributed by atoms with van der Waals surface area (Å²) >= 11 is 5.94. The van der Waals surface area contributed by atoms with Crippen LogP contribution in [0.3, 0.4) is 0 Å². The van der Waals surface area contributed by atoms with Crippen molar-refractivity contribution in [2.45, 2.75) is 13.3 Å². The van der Waals surface area contributed by atoms with Crippen molar-refractivity contribution in [1.29, 1.82) is 0 Å². The van der Waals surface area contributed by atoms with Gasteiger partial charge in [0.25, 0.3) is 0 Å². The Morgan fingerprint density at radius 3 is 3.07 bits per heavy atom. The first-order valence-corrected chi connectivity index (χ1v) is 5.15. The van der Waals surface area contributed by atoms with E-state index in [-0.39, 0.29) is 0 Å². The molecular weight excluding hydrogens is 198 g/mol. The predicted molar refractivity (Wildman–Crippen MR) is 60.6 cm³/mol. The lowest BCUT2D eigenvalue weighted by Crippen LogP contribution is -2.15. The first-order chi connectivity index (χ1) is 6.74. The summed E-state index contributed by atoms with van der Waals surface area (Å²) in [4.78, 5) is 3.92. The Hall–Kier alpha value is -0.800. The molecule has 0 saturated heterocycles. The largest absolute Gasteiger partial charge is 0.383 e. The van der Waals surface area contributed by atoms with E-state index >= 15 is 0 Å². The number of pyridine rings is 1. The van der Waals surface area contributed by atoms with Gasteiger partial charge in [0, 0.05) is 18.9 Å². The molecular formula is C10H16ClN3. The van der Waals surface area contributed by atoms with Gasteiger partial charge < -0.3 is 11.1 Å². The van der Waals surface area contributed by atoms with Crippen LogP contribution in [0.1, 0.15) is 13.3 Å². The minimum Gasteiger partial charge on any atom is -0.383 e. The van der Waals surface area contributed by atoms with Crippen LogP contribution in [0.25, 0.3) is 0 Å². The van der Waals surface area contributed by atoms with Gasteiger partial charge >= 0.3 is 0 Å². The SMILES string of the molecule is CC(CCN)CNc1ccncc1Cl. The molecule has 78 valence electrons. The fourth-order valence-electron chi connectivity index (χ4n) is 1.19. The van der Waals surface area contributed by atoms with E-state index in [1.54, 1.807) is 12.4 Å². The average Bonchev–Trinajstić information content (AvgIpc) is 2.17. The Morgan fingerprint density at radius 1 is 1.64 bits per heavy atom. The van der Waals surface area contributed by atoms with Gasteiger partial charge in [-0.1, -0.05) is 18.5 Å². The molecule has 1 heterocycles. The number of nitrogens with two attached hydrogens (primary N) is 1. The second kappa shape index (κ2) is 5.83. The summed E-state index contributed by atoms with van der Waals surface area (Å²) in [7, 11) is 0. The zero-order chi connectivity index (χ0) is 10.4. The van der Waals surface area contributed by atoms with Crippen LogP contribution in [0.4, 0.5) is 5.69 Å². The fourth-order valence-corrected chi connectivity index (χ4v) is 1.38. The molecule has 0 amide bonds. The zero-order valence-electron chi connectivity index (χ0n) is 8.33. The van der Waals surface area contributed by atoms with E-state index in [2.05, 4.69) is 17.2 Å². The zero-order valence-corrected chi connectivity index (χ0v) is 9.09. The molecule has 0 aliphatic rings. The molecule has 3 N–H and O–H groups in total. The summed E-state index contributed by atoms with van der Waals surface area (Å²) < 4.78 is 0. The van der Waals surface area contributed by atoms with Gasteiger partial charge in [-0.25, -0.2) is 0 Å². The molecule has 0 spiro atoms. The van der Waals surface area contributed by atoms with Crippen molar-refractivity contribution in [2.75, 3.05) is 18.4 Å². The van der Waals surface area contributed by atoms with Crippen LogP contribution < -0.4 is 11.1 Å². The number of anilines is 1. The lowest BCUT2D eigenvalue weighted by atomic mass is 10.1. The van der Waals surface area contributed by atoms with Gasteiger partial charge in [-0.2, -0.15) is 0 Å². The highest BCUT2D eigenvalue weighted by Gasteiger charge is 2.02. The summed E-state index contributed by atoms with van der Waals surface area (Å²) in [6.07, 6.45) is 4.38. The monoisotopic (exact) mass is 213 g/mol. The molecule has 1 rings (SSSR count). The van der Waals surface area contributed by atoms with Gasteiger partial charge in [0.1, 0.15) is 0 Å². The molecule has 0 bridgehead atoms. The van der Waals surface area contributed by atoms with Crippen LogP contribution in [-0.4, -0.2) is 18.1 Å². The van der Waals surface area contributed by atoms with Crippen LogP contribution in [-0.2, 0) is 0 Å². The van der Waals surface area contributed by atoms with Crippen LogP contribution in [0.15, 0.2) is 18.5 Å².